The van der Waals surface area contributed by atoms with Crippen molar-refractivity contribution in [2.24, 2.45) is 0 Å². The predicted molar refractivity (Wildman–Crippen MR) is 76.5 cm³/mol. The Hall–Kier alpha value is -3.56. The molecule has 0 fully saturated rings. The van der Waals surface area contributed by atoms with Crippen molar-refractivity contribution in [3.8, 4) is 22.8 Å². The van der Waals surface area contributed by atoms with Gasteiger partial charge in [0.25, 0.3) is 5.56 Å². The van der Waals surface area contributed by atoms with Crippen molar-refractivity contribution in [1.82, 2.24) is 30.2 Å². The molecule has 10 nitrogen and oxygen atoms in total. The molecule has 23 heavy (non-hydrogen) atoms. The number of rotatable bonds is 4. The number of tetrazole rings is 1. The zero-order valence-corrected chi connectivity index (χ0v) is 11.8. The van der Waals surface area contributed by atoms with Gasteiger partial charge in [-0.1, -0.05) is 0 Å². The number of hydrogen-bond donors (Lipinski definition) is 2. The lowest BCUT2D eigenvalue weighted by molar-refractivity contribution is 0.0694. The molecule has 0 bridgehead atoms. The minimum absolute atomic E-state index is 0.219. The molecule has 0 spiro atoms. The summed E-state index contributed by atoms with van der Waals surface area (Å²) < 4.78 is 6.64. The first kappa shape index (κ1) is 14.4. The maximum atomic E-state index is 11.8. The second-order valence-corrected chi connectivity index (χ2v) is 4.42. The molecule has 0 amide bonds. The number of aromatic nitrogens is 6. The third-order valence-corrected chi connectivity index (χ3v) is 3.08. The molecule has 2 heterocycles. The highest BCUT2D eigenvalue weighted by Crippen LogP contribution is 2.26. The first-order chi connectivity index (χ1) is 11.1. The average Bonchev–Trinajstić information content (AvgIpc) is 3.08. The van der Waals surface area contributed by atoms with Gasteiger partial charge in [-0.15, -0.1) is 5.10 Å². The normalized spacial score (nSPS) is 10.5. The molecule has 0 atom stereocenters. The summed E-state index contributed by atoms with van der Waals surface area (Å²) >= 11 is 0. The Morgan fingerprint density at radius 1 is 1.39 bits per heavy atom. The molecule has 2 aromatic heterocycles. The fourth-order valence-electron chi connectivity index (χ4n) is 1.98. The number of benzene rings is 1. The molecule has 10 heteroatoms. The molecule has 0 unspecified atom stereocenters. The van der Waals surface area contributed by atoms with Crippen LogP contribution in [0.1, 0.15) is 10.4 Å². The van der Waals surface area contributed by atoms with Crippen molar-refractivity contribution in [2.75, 3.05) is 7.11 Å². The van der Waals surface area contributed by atoms with E-state index in [9.17, 15) is 9.59 Å². The SMILES string of the molecule is COc1ccc(-c2ncc(C(=O)O)c(=O)[nH]2)cc1-n1cnnn1. The van der Waals surface area contributed by atoms with Crippen LogP contribution in [0.25, 0.3) is 17.1 Å². The molecule has 0 aliphatic heterocycles. The van der Waals surface area contributed by atoms with Crippen molar-refractivity contribution in [3.05, 3.63) is 46.6 Å². The van der Waals surface area contributed by atoms with Crippen LogP contribution in [-0.2, 0) is 0 Å². The van der Waals surface area contributed by atoms with Crippen LogP contribution < -0.4 is 10.3 Å². The maximum absolute atomic E-state index is 11.8. The molecule has 1 aromatic carbocycles. The highest BCUT2D eigenvalue weighted by molar-refractivity contribution is 5.86. The average molecular weight is 314 g/mol. The number of nitrogens with zero attached hydrogens (tertiary/aromatic N) is 5. The lowest BCUT2D eigenvalue weighted by Crippen LogP contribution is -2.18. The summed E-state index contributed by atoms with van der Waals surface area (Å²) in [5.41, 5.74) is -0.0736. The lowest BCUT2D eigenvalue weighted by atomic mass is 10.1. The van der Waals surface area contributed by atoms with Gasteiger partial charge >= 0.3 is 5.97 Å². The van der Waals surface area contributed by atoms with E-state index in [2.05, 4.69) is 25.5 Å². The number of ether oxygens (including phenoxy) is 1. The fourth-order valence-corrected chi connectivity index (χ4v) is 1.98. The Kier molecular flexibility index (Phi) is 3.55. The number of hydrogen-bond acceptors (Lipinski definition) is 7. The molecule has 3 aromatic rings. The highest BCUT2D eigenvalue weighted by Gasteiger charge is 2.13. The molecule has 3 rings (SSSR count). The second kappa shape index (κ2) is 5.67. The fraction of sp³-hybridized carbons (Fsp3) is 0.0769. The van der Waals surface area contributed by atoms with Crippen molar-refractivity contribution < 1.29 is 14.6 Å². The third kappa shape index (κ3) is 2.64. The van der Waals surface area contributed by atoms with E-state index in [-0.39, 0.29) is 5.82 Å². The molecule has 0 saturated carbocycles. The Morgan fingerprint density at radius 3 is 2.83 bits per heavy atom. The van der Waals surface area contributed by atoms with Gasteiger partial charge in [-0.25, -0.2) is 9.78 Å². The topological polar surface area (TPSA) is 136 Å². The summed E-state index contributed by atoms with van der Waals surface area (Å²) in [5.74, 6) is -0.600. The number of H-pyrrole nitrogens is 1. The summed E-state index contributed by atoms with van der Waals surface area (Å²) in [6.45, 7) is 0. The van der Waals surface area contributed by atoms with Crippen molar-refractivity contribution in [2.45, 2.75) is 0 Å². The van der Waals surface area contributed by atoms with Crippen LogP contribution >= 0.6 is 0 Å². The molecular weight excluding hydrogens is 304 g/mol. The van der Waals surface area contributed by atoms with Gasteiger partial charge in [0.2, 0.25) is 0 Å². The minimum Gasteiger partial charge on any atom is -0.494 e. The smallest absolute Gasteiger partial charge is 0.342 e. The van der Waals surface area contributed by atoms with Gasteiger partial charge < -0.3 is 14.8 Å². The van der Waals surface area contributed by atoms with Gasteiger partial charge in [-0.05, 0) is 28.6 Å². The molecule has 0 aliphatic carbocycles. The van der Waals surface area contributed by atoms with E-state index in [4.69, 9.17) is 9.84 Å². The van der Waals surface area contributed by atoms with Crippen LogP contribution in [0.3, 0.4) is 0 Å². The molecule has 2 N–H and O–H groups in total. The minimum atomic E-state index is -1.34. The summed E-state index contributed by atoms with van der Waals surface area (Å²) in [6.07, 6.45) is 2.41. The van der Waals surface area contributed by atoms with E-state index >= 15 is 0 Å². The number of carbonyl (C=O) groups is 1. The number of aromatic carboxylic acids is 1. The Morgan fingerprint density at radius 2 is 2.22 bits per heavy atom. The van der Waals surface area contributed by atoms with Crippen molar-refractivity contribution >= 4 is 5.97 Å². The van der Waals surface area contributed by atoms with Gasteiger partial charge in [-0.3, -0.25) is 4.79 Å². The maximum Gasteiger partial charge on any atom is 0.342 e. The molecule has 0 radical (unpaired) electrons. The van der Waals surface area contributed by atoms with Gasteiger partial charge in [0.1, 0.15) is 29.2 Å². The van der Waals surface area contributed by atoms with E-state index in [0.717, 1.165) is 6.20 Å². The second-order valence-electron chi connectivity index (χ2n) is 4.42. The Labute approximate surface area is 128 Å². The highest BCUT2D eigenvalue weighted by atomic mass is 16.5. The van der Waals surface area contributed by atoms with Crippen LogP contribution in [0.15, 0.2) is 35.5 Å². The summed E-state index contributed by atoms with van der Waals surface area (Å²) in [4.78, 5) is 29.0. The van der Waals surface area contributed by atoms with Crippen molar-refractivity contribution in [1.29, 1.82) is 0 Å². The first-order valence-electron chi connectivity index (χ1n) is 6.34. The van der Waals surface area contributed by atoms with Gasteiger partial charge in [-0.2, -0.15) is 4.68 Å². The Bertz CT molecular complexity index is 918. The van der Waals surface area contributed by atoms with E-state index in [1.54, 1.807) is 18.2 Å². The number of carboxylic acids is 1. The molecule has 0 saturated heterocycles. The zero-order chi connectivity index (χ0) is 16.4. The van der Waals surface area contributed by atoms with Crippen LogP contribution in [-0.4, -0.2) is 48.4 Å². The lowest BCUT2D eigenvalue weighted by Gasteiger charge is -2.09. The van der Waals surface area contributed by atoms with Crippen LogP contribution in [0, 0.1) is 0 Å². The largest absolute Gasteiger partial charge is 0.494 e. The van der Waals surface area contributed by atoms with E-state index in [0.29, 0.717) is 17.0 Å². The van der Waals surface area contributed by atoms with Crippen molar-refractivity contribution in [3.63, 3.8) is 0 Å². The standard InChI is InChI=1S/C13H10N6O4/c1-23-10-3-2-7(4-9(10)19-6-15-17-18-19)11-14-5-8(13(21)22)12(20)16-11/h2-6H,1H3,(H,21,22)(H,14,16,20). The van der Waals surface area contributed by atoms with Gasteiger partial charge in [0.05, 0.1) is 7.11 Å². The number of aromatic amines is 1. The van der Waals surface area contributed by atoms with Crippen LogP contribution in [0.5, 0.6) is 5.75 Å². The van der Waals surface area contributed by atoms with Crippen LogP contribution in [0.2, 0.25) is 0 Å². The van der Waals surface area contributed by atoms with E-state index < -0.39 is 17.1 Å². The van der Waals surface area contributed by atoms with E-state index in [1.807, 2.05) is 0 Å². The Balaban J connectivity index is 2.11. The molecular formula is C13H10N6O4. The molecule has 116 valence electrons. The number of nitrogens with one attached hydrogen (secondary N) is 1. The molecule has 0 aliphatic rings. The van der Waals surface area contributed by atoms with E-state index in [1.165, 1.54) is 18.1 Å². The predicted octanol–water partition coefficient (Wildman–Crippen LogP) is 0.119. The first-order valence-corrected chi connectivity index (χ1v) is 6.34. The summed E-state index contributed by atoms with van der Waals surface area (Å²) in [6, 6.07) is 5.00. The van der Waals surface area contributed by atoms with Crippen LogP contribution in [0.4, 0.5) is 0 Å². The quantitative estimate of drug-likeness (QED) is 0.693. The summed E-state index contributed by atoms with van der Waals surface area (Å²) in [7, 11) is 1.50. The number of carboxylic acid groups (broad SMARTS) is 1. The monoisotopic (exact) mass is 314 g/mol. The van der Waals surface area contributed by atoms with Gasteiger partial charge in [0.15, 0.2) is 0 Å². The zero-order valence-electron chi connectivity index (χ0n) is 11.8. The van der Waals surface area contributed by atoms with Gasteiger partial charge in [0, 0.05) is 11.8 Å². The third-order valence-electron chi connectivity index (χ3n) is 3.08. The summed E-state index contributed by atoms with van der Waals surface area (Å²) in [5, 5.41) is 19.8. The number of methoxy groups -OCH3 is 1.